The number of benzene rings is 1. The summed E-state index contributed by atoms with van der Waals surface area (Å²) in [4.78, 5) is 4.35. The molecular formula is C16H19BrN2O2. The number of aliphatic hydroxyl groups excluding tert-OH is 1. The van der Waals surface area contributed by atoms with Gasteiger partial charge in [0.15, 0.2) is 0 Å². The molecule has 3 rings (SSSR count). The van der Waals surface area contributed by atoms with E-state index in [0.717, 1.165) is 33.6 Å². The zero-order valence-electron chi connectivity index (χ0n) is 11.8. The number of ether oxygens (including phenoxy) is 1. The zero-order valence-corrected chi connectivity index (χ0v) is 13.3. The fourth-order valence-corrected chi connectivity index (χ4v) is 2.57. The number of hydrogen-bond acceptors (Lipinski definition) is 4. The van der Waals surface area contributed by atoms with Crippen molar-refractivity contribution in [2.24, 2.45) is 5.92 Å². The summed E-state index contributed by atoms with van der Waals surface area (Å²) in [5.41, 5.74) is 1.91. The molecule has 1 heterocycles. The monoisotopic (exact) mass is 350 g/mol. The summed E-state index contributed by atoms with van der Waals surface area (Å²) in [6.45, 7) is 1.64. The molecule has 0 saturated heterocycles. The molecule has 112 valence electrons. The molecule has 1 aliphatic rings. The first-order valence-corrected chi connectivity index (χ1v) is 8.05. The summed E-state index contributed by atoms with van der Waals surface area (Å²) in [7, 11) is 0. The third-order valence-electron chi connectivity index (χ3n) is 3.59. The molecule has 0 aliphatic heterocycles. The van der Waals surface area contributed by atoms with E-state index in [0.29, 0.717) is 13.2 Å². The normalized spacial score (nSPS) is 16.1. The molecule has 2 N–H and O–H groups in total. The Bertz CT molecular complexity index is 616. The zero-order chi connectivity index (χ0) is 14.7. The maximum atomic E-state index is 9.95. The van der Waals surface area contributed by atoms with Gasteiger partial charge in [-0.3, -0.25) is 4.98 Å². The molecule has 0 amide bonds. The molecule has 0 radical (unpaired) electrons. The predicted molar refractivity (Wildman–Crippen MR) is 87.5 cm³/mol. The minimum Gasteiger partial charge on any atom is -0.389 e. The number of nitrogens with zero attached hydrogens (tertiary/aromatic N) is 1. The first-order valence-electron chi connectivity index (χ1n) is 7.26. The predicted octanol–water partition coefficient (Wildman–Crippen LogP) is 3.20. The maximum absolute atomic E-state index is 9.95. The van der Waals surface area contributed by atoms with Gasteiger partial charge in [0.05, 0.1) is 18.2 Å². The van der Waals surface area contributed by atoms with Gasteiger partial charge in [0.25, 0.3) is 0 Å². The second-order valence-electron chi connectivity index (χ2n) is 5.54. The van der Waals surface area contributed by atoms with Gasteiger partial charge < -0.3 is 15.2 Å². The molecule has 0 spiro atoms. The summed E-state index contributed by atoms with van der Waals surface area (Å²) < 4.78 is 6.51. The molecule has 5 heteroatoms. The second-order valence-corrected chi connectivity index (χ2v) is 6.45. The van der Waals surface area contributed by atoms with Crippen LogP contribution in [0, 0.1) is 5.92 Å². The SMILES string of the molecule is OC(CNc1ccnc2cc(Br)ccc12)COCC1CC1. The molecule has 4 nitrogen and oxygen atoms in total. The molecule has 1 saturated carbocycles. The molecular weight excluding hydrogens is 332 g/mol. The van der Waals surface area contributed by atoms with E-state index < -0.39 is 6.10 Å². The average Bonchev–Trinajstić information content (AvgIpc) is 3.29. The van der Waals surface area contributed by atoms with Gasteiger partial charge in [-0.2, -0.15) is 0 Å². The lowest BCUT2D eigenvalue weighted by molar-refractivity contribution is 0.0386. The molecule has 0 bridgehead atoms. The Morgan fingerprint density at radius 1 is 1.38 bits per heavy atom. The standard InChI is InChI=1S/C16H19BrN2O2/c17-12-3-4-14-15(5-6-18-16(14)7-12)19-8-13(20)10-21-9-11-1-2-11/h3-7,11,13,20H,1-2,8-10H2,(H,18,19). The summed E-state index contributed by atoms with van der Waals surface area (Å²) >= 11 is 3.45. The van der Waals surface area contributed by atoms with Crippen LogP contribution >= 0.6 is 15.9 Å². The van der Waals surface area contributed by atoms with Crippen LogP contribution in [-0.4, -0.2) is 36.0 Å². The second kappa shape index (κ2) is 6.73. The Balaban J connectivity index is 1.56. The van der Waals surface area contributed by atoms with E-state index in [1.165, 1.54) is 12.8 Å². The molecule has 2 aromatic rings. The lowest BCUT2D eigenvalue weighted by atomic mass is 10.2. The summed E-state index contributed by atoms with van der Waals surface area (Å²) in [6.07, 6.45) is 3.81. The van der Waals surface area contributed by atoms with Crippen LogP contribution in [0.3, 0.4) is 0 Å². The molecule has 1 unspecified atom stereocenters. The third kappa shape index (κ3) is 4.15. The van der Waals surface area contributed by atoms with Gasteiger partial charge in [-0.25, -0.2) is 0 Å². The smallest absolute Gasteiger partial charge is 0.0945 e. The minimum absolute atomic E-state index is 0.387. The first-order chi connectivity index (χ1) is 10.2. The van der Waals surface area contributed by atoms with Gasteiger partial charge in [0.1, 0.15) is 0 Å². The quantitative estimate of drug-likeness (QED) is 0.805. The van der Waals surface area contributed by atoms with Gasteiger partial charge in [-0.15, -0.1) is 0 Å². The average molecular weight is 351 g/mol. The van der Waals surface area contributed by atoms with Crippen molar-refractivity contribution < 1.29 is 9.84 Å². The fraction of sp³-hybridized carbons (Fsp3) is 0.438. The molecule has 1 fully saturated rings. The number of hydrogen-bond donors (Lipinski definition) is 2. The highest BCUT2D eigenvalue weighted by atomic mass is 79.9. The highest BCUT2D eigenvalue weighted by molar-refractivity contribution is 9.10. The van der Waals surface area contributed by atoms with Gasteiger partial charge in [-0.05, 0) is 43.0 Å². The Hall–Kier alpha value is -1.17. The number of pyridine rings is 1. The van der Waals surface area contributed by atoms with Crippen molar-refractivity contribution in [1.29, 1.82) is 0 Å². The van der Waals surface area contributed by atoms with Gasteiger partial charge in [-0.1, -0.05) is 15.9 Å². The molecule has 1 aliphatic carbocycles. The highest BCUT2D eigenvalue weighted by Gasteiger charge is 2.21. The van der Waals surface area contributed by atoms with E-state index in [2.05, 4.69) is 26.2 Å². The number of rotatable bonds is 7. The van der Waals surface area contributed by atoms with Crippen LogP contribution in [0.1, 0.15) is 12.8 Å². The highest BCUT2D eigenvalue weighted by Crippen LogP contribution is 2.28. The Morgan fingerprint density at radius 3 is 3.05 bits per heavy atom. The fourth-order valence-electron chi connectivity index (χ4n) is 2.22. The molecule has 1 aromatic heterocycles. The van der Waals surface area contributed by atoms with E-state index >= 15 is 0 Å². The number of aliphatic hydroxyl groups is 1. The van der Waals surface area contributed by atoms with Crippen LogP contribution in [0.5, 0.6) is 0 Å². The largest absolute Gasteiger partial charge is 0.389 e. The summed E-state index contributed by atoms with van der Waals surface area (Å²) in [6, 6.07) is 7.92. The van der Waals surface area contributed by atoms with Crippen molar-refractivity contribution in [2.75, 3.05) is 25.1 Å². The van der Waals surface area contributed by atoms with E-state index in [1.54, 1.807) is 6.20 Å². The molecule has 21 heavy (non-hydrogen) atoms. The van der Waals surface area contributed by atoms with Crippen LogP contribution in [0.2, 0.25) is 0 Å². The molecule has 1 atom stereocenters. The number of fused-ring (bicyclic) bond motifs is 1. The maximum Gasteiger partial charge on any atom is 0.0945 e. The lowest BCUT2D eigenvalue weighted by Crippen LogP contribution is -2.25. The number of halogens is 1. The van der Waals surface area contributed by atoms with Crippen LogP contribution in [0.15, 0.2) is 34.9 Å². The van der Waals surface area contributed by atoms with Crippen molar-refractivity contribution >= 4 is 32.5 Å². The van der Waals surface area contributed by atoms with Gasteiger partial charge in [0.2, 0.25) is 0 Å². The Labute approximate surface area is 132 Å². The van der Waals surface area contributed by atoms with Crippen molar-refractivity contribution in [3.05, 3.63) is 34.9 Å². The van der Waals surface area contributed by atoms with Crippen LogP contribution in [0.4, 0.5) is 5.69 Å². The topological polar surface area (TPSA) is 54.4 Å². The lowest BCUT2D eigenvalue weighted by Gasteiger charge is -2.14. The number of nitrogens with one attached hydrogen (secondary N) is 1. The number of anilines is 1. The van der Waals surface area contributed by atoms with Crippen molar-refractivity contribution in [3.8, 4) is 0 Å². The minimum atomic E-state index is -0.498. The van der Waals surface area contributed by atoms with Crippen LogP contribution in [-0.2, 0) is 4.74 Å². The number of aromatic nitrogens is 1. The van der Waals surface area contributed by atoms with Gasteiger partial charge >= 0.3 is 0 Å². The van der Waals surface area contributed by atoms with E-state index in [9.17, 15) is 5.11 Å². The Morgan fingerprint density at radius 2 is 2.24 bits per heavy atom. The summed E-state index contributed by atoms with van der Waals surface area (Å²) in [5.74, 6) is 0.729. The van der Waals surface area contributed by atoms with E-state index in [-0.39, 0.29) is 0 Å². The first kappa shape index (κ1) is 14.8. The van der Waals surface area contributed by atoms with Crippen LogP contribution in [0.25, 0.3) is 10.9 Å². The van der Waals surface area contributed by atoms with Gasteiger partial charge in [0, 0.05) is 34.9 Å². The van der Waals surface area contributed by atoms with Crippen molar-refractivity contribution in [3.63, 3.8) is 0 Å². The summed E-state index contributed by atoms with van der Waals surface area (Å²) in [5, 5.41) is 14.3. The molecule has 1 aromatic carbocycles. The van der Waals surface area contributed by atoms with Crippen molar-refractivity contribution in [2.45, 2.75) is 18.9 Å². The van der Waals surface area contributed by atoms with E-state index in [4.69, 9.17) is 4.74 Å². The third-order valence-corrected chi connectivity index (χ3v) is 4.09. The van der Waals surface area contributed by atoms with Crippen LogP contribution < -0.4 is 5.32 Å². The van der Waals surface area contributed by atoms with E-state index in [1.807, 2.05) is 24.3 Å². The van der Waals surface area contributed by atoms with Crippen molar-refractivity contribution in [1.82, 2.24) is 4.98 Å². The Kier molecular flexibility index (Phi) is 4.73.